The first kappa shape index (κ1) is 25.0. The summed E-state index contributed by atoms with van der Waals surface area (Å²) >= 11 is 0. The van der Waals surface area contributed by atoms with Gasteiger partial charge < -0.3 is 27.0 Å². The minimum atomic E-state index is -1.41. The van der Waals surface area contributed by atoms with Crippen molar-refractivity contribution in [1.29, 1.82) is 0 Å². The quantitative estimate of drug-likeness (QED) is 0.263. The van der Waals surface area contributed by atoms with Crippen LogP contribution in [0.2, 0.25) is 0 Å². The summed E-state index contributed by atoms with van der Waals surface area (Å²) in [5, 5.41) is 20.6. The molecule has 3 aromatic rings. The molecule has 0 aliphatic heterocycles. The second-order valence-corrected chi connectivity index (χ2v) is 7.91. The first-order valence-electron chi connectivity index (χ1n) is 10.7. The number of nitrogens with zero attached hydrogens (tertiary/aromatic N) is 4. The summed E-state index contributed by atoms with van der Waals surface area (Å²) in [7, 11) is 0. The van der Waals surface area contributed by atoms with Crippen molar-refractivity contribution < 1.29 is 24.6 Å². The highest BCUT2D eigenvalue weighted by molar-refractivity contribution is 5.97. The highest BCUT2D eigenvalue weighted by Gasteiger charge is 2.24. The maximum absolute atomic E-state index is 12.5. The zero-order valence-corrected chi connectivity index (χ0v) is 18.9. The zero-order chi connectivity index (χ0) is 25.7. The van der Waals surface area contributed by atoms with E-state index in [4.69, 9.17) is 16.6 Å². The van der Waals surface area contributed by atoms with Gasteiger partial charge in [-0.3, -0.25) is 4.79 Å². The fourth-order valence-corrected chi connectivity index (χ4v) is 3.51. The molecule has 0 bridgehead atoms. The number of nitrogens with two attached hydrogens (primary N) is 2. The van der Waals surface area contributed by atoms with E-state index < -0.39 is 30.3 Å². The van der Waals surface area contributed by atoms with E-state index in [2.05, 4.69) is 31.8 Å². The molecule has 12 heteroatoms. The van der Waals surface area contributed by atoms with Crippen LogP contribution in [0.4, 0.5) is 11.8 Å². The number of carbonyl (C=O) groups is 3. The minimum absolute atomic E-state index is 0.0223. The average Bonchev–Trinajstić information content (AvgIpc) is 2.82. The molecule has 1 unspecified atom stereocenters. The second-order valence-electron chi connectivity index (χ2n) is 7.91. The van der Waals surface area contributed by atoms with Gasteiger partial charge in [0, 0.05) is 17.6 Å². The Balaban J connectivity index is 1.73. The average molecular weight is 479 g/mol. The highest BCUT2D eigenvalue weighted by atomic mass is 16.4. The number of carbonyl (C=O) groups excluding carboxylic acids is 1. The van der Waals surface area contributed by atoms with E-state index in [1.807, 2.05) is 6.92 Å². The van der Waals surface area contributed by atoms with Crippen LogP contribution >= 0.6 is 0 Å². The standard InChI is InChI=1S/C23H25N7O5/c1-3-12(9-15-10-26-19-17(27-15)18(24)29-23(25)30-19)13-4-6-14(7-5-13)20(31)28-16(22(34)35)8-11(2)21(32)33/h4-7,10,12,16H,2-3,8-9H2,1H3,(H,28,31)(H,32,33)(H,34,35)(H4,24,25,26,29,30)/t12?,16-/m0/s1. The molecule has 2 heterocycles. The SMILES string of the molecule is C=C(C[C@H](NC(=O)c1ccc(C(CC)Cc2cnc3nc(N)nc(N)c3n2)cc1)C(=O)O)C(=O)O. The molecule has 35 heavy (non-hydrogen) atoms. The number of hydrogen-bond acceptors (Lipinski definition) is 9. The molecule has 3 rings (SSSR count). The fourth-order valence-electron chi connectivity index (χ4n) is 3.51. The number of carboxylic acids is 2. The van der Waals surface area contributed by atoms with Crippen LogP contribution in [-0.2, 0) is 16.0 Å². The predicted octanol–water partition coefficient (Wildman–Crippen LogP) is 1.53. The van der Waals surface area contributed by atoms with Crippen molar-refractivity contribution in [1.82, 2.24) is 25.3 Å². The van der Waals surface area contributed by atoms with Crippen molar-refractivity contribution in [3.8, 4) is 0 Å². The molecule has 0 aliphatic rings. The molecule has 0 spiro atoms. The summed E-state index contributed by atoms with van der Waals surface area (Å²) < 4.78 is 0. The van der Waals surface area contributed by atoms with Gasteiger partial charge in [-0.15, -0.1) is 0 Å². The largest absolute Gasteiger partial charge is 0.480 e. The summed E-state index contributed by atoms with van der Waals surface area (Å²) in [4.78, 5) is 51.6. The van der Waals surface area contributed by atoms with Crippen molar-refractivity contribution in [2.45, 2.75) is 38.1 Å². The number of aliphatic carboxylic acids is 2. The number of rotatable bonds is 10. The molecule has 1 aromatic carbocycles. The van der Waals surface area contributed by atoms with E-state index in [1.165, 1.54) is 0 Å². The molecule has 0 radical (unpaired) electrons. The van der Waals surface area contributed by atoms with Crippen LogP contribution < -0.4 is 16.8 Å². The van der Waals surface area contributed by atoms with Crippen LogP contribution in [0.3, 0.4) is 0 Å². The molecule has 2 aromatic heterocycles. The lowest BCUT2D eigenvalue weighted by molar-refractivity contribution is -0.139. The summed E-state index contributed by atoms with van der Waals surface area (Å²) in [5.74, 6) is -3.08. The number of nitrogen functional groups attached to an aromatic ring is 2. The Labute approximate surface area is 200 Å². The topological polar surface area (TPSA) is 207 Å². The smallest absolute Gasteiger partial charge is 0.331 e. The Hall–Kier alpha value is -4.61. The third-order valence-corrected chi connectivity index (χ3v) is 5.45. The third kappa shape index (κ3) is 6.05. The molecule has 12 nitrogen and oxygen atoms in total. The summed E-state index contributed by atoms with van der Waals surface area (Å²) in [6.07, 6.45) is 2.52. The van der Waals surface area contributed by atoms with Crippen LogP contribution in [0.5, 0.6) is 0 Å². The first-order chi connectivity index (χ1) is 16.6. The van der Waals surface area contributed by atoms with Gasteiger partial charge in [0.2, 0.25) is 5.95 Å². The number of aromatic nitrogens is 4. The van der Waals surface area contributed by atoms with Crippen molar-refractivity contribution in [3.63, 3.8) is 0 Å². The lowest BCUT2D eigenvalue weighted by Gasteiger charge is -2.17. The van der Waals surface area contributed by atoms with Gasteiger partial charge in [-0.2, -0.15) is 9.97 Å². The van der Waals surface area contributed by atoms with Crippen LogP contribution in [0.25, 0.3) is 11.2 Å². The summed E-state index contributed by atoms with van der Waals surface area (Å²) in [6.45, 7) is 5.33. The van der Waals surface area contributed by atoms with E-state index in [-0.39, 0.29) is 28.8 Å². The zero-order valence-electron chi connectivity index (χ0n) is 18.9. The van der Waals surface area contributed by atoms with E-state index >= 15 is 0 Å². The van der Waals surface area contributed by atoms with Gasteiger partial charge in [-0.05, 0) is 36.5 Å². The number of nitrogens with one attached hydrogen (secondary N) is 1. The number of amides is 1. The second kappa shape index (κ2) is 10.5. The van der Waals surface area contributed by atoms with E-state index in [0.29, 0.717) is 23.3 Å². The van der Waals surface area contributed by atoms with Gasteiger partial charge in [-0.1, -0.05) is 25.6 Å². The van der Waals surface area contributed by atoms with Gasteiger partial charge >= 0.3 is 11.9 Å². The Kier molecular flexibility index (Phi) is 7.54. The van der Waals surface area contributed by atoms with E-state index in [1.54, 1.807) is 30.5 Å². The number of hydrogen-bond donors (Lipinski definition) is 5. The molecule has 0 aliphatic carbocycles. The Morgan fingerprint density at radius 3 is 2.37 bits per heavy atom. The highest BCUT2D eigenvalue weighted by Crippen LogP contribution is 2.25. The summed E-state index contributed by atoms with van der Waals surface area (Å²) in [5.41, 5.74) is 13.7. The summed E-state index contributed by atoms with van der Waals surface area (Å²) in [6, 6.07) is 5.31. The van der Waals surface area contributed by atoms with Crippen LogP contribution in [-0.4, -0.2) is 54.0 Å². The number of fused-ring (bicyclic) bond motifs is 1. The first-order valence-corrected chi connectivity index (χ1v) is 10.7. The van der Waals surface area contributed by atoms with Crippen molar-refractivity contribution >= 4 is 40.8 Å². The van der Waals surface area contributed by atoms with Gasteiger partial charge in [0.1, 0.15) is 6.04 Å². The molecule has 1 amide bonds. The molecular weight excluding hydrogens is 454 g/mol. The van der Waals surface area contributed by atoms with Crippen LogP contribution in [0.1, 0.15) is 47.3 Å². The molecule has 0 saturated heterocycles. The maximum Gasteiger partial charge on any atom is 0.331 e. The third-order valence-electron chi connectivity index (χ3n) is 5.45. The lowest BCUT2D eigenvalue weighted by atomic mass is 9.91. The number of benzene rings is 1. The molecule has 0 fully saturated rings. The number of carboxylic acid groups (broad SMARTS) is 2. The molecule has 182 valence electrons. The lowest BCUT2D eigenvalue weighted by Crippen LogP contribution is -2.41. The predicted molar refractivity (Wildman–Crippen MR) is 127 cm³/mol. The monoisotopic (exact) mass is 479 g/mol. The van der Waals surface area contributed by atoms with Crippen molar-refractivity contribution in [2.75, 3.05) is 11.5 Å². The molecule has 2 atom stereocenters. The Morgan fingerprint density at radius 2 is 1.77 bits per heavy atom. The Morgan fingerprint density at radius 1 is 1.09 bits per heavy atom. The van der Waals surface area contributed by atoms with Gasteiger partial charge in [0.05, 0.1) is 11.9 Å². The normalized spacial score (nSPS) is 12.6. The van der Waals surface area contributed by atoms with Gasteiger partial charge in [-0.25, -0.2) is 19.6 Å². The van der Waals surface area contributed by atoms with Crippen molar-refractivity contribution in [2.24, 2.45) is 0 Å². The molecule has 0 saturated carbocycles. The fraction of sp³-hybridized carbons (Fsp3) is 0.261. The van der Waals surface area contributed by atoms with Gasteiger partial charge in [0.25, 0.3) is 5.91 Å². The van der Waals surface area contributed by atoms with Crippen LogP contribution in [0.15, 0.2) is 42.6 Å². The minimum Gasteiger partial charge on any atom is -0.480 e. The molecular formula is C23H25N7O5. The Bertz CT molecular complexity index is 1290. The van der Waals surface area contributed by atoms with Crippen LogP contribution in [0, 0.1) is 0 Å². The maximum atomic E-state index is 12.5. The van der Waals surface area contributed by atoms with Crippen molar-refractivity contribution in [3.05, 3.63) is 59.4 Å². The molecule has 7 N–H and O–H groups in total. The van der Waals surface area contributed by atoms with Gasteiger partial charge in [0.15, 0.2) is 17.0 Å². The van der Waals surface area contributed by atoms with E-state index in [0.717, 1.165) is 12.0 Å². The van der Waals surface area contributed by atoms with E-state index in [9.17, 15) is 19.5 Å². The number of anilines is 2.